The number of nitrogens with one attached hydrogen (secondary N) is 1. The highest BCUT2D eigenvalue weighted by Gasteiger charge is 2.37. The summed E-state index contributed by atoms with van der Waals surface area (Å²) in [5, 5.41) is 3.06. The number of methoxy groups -OCH3 is 1. The Hall–Kier alpha value is -1.36. The van der Waals surface area contributed by atoms with Crippen LogP contribution in [0.25, 0.3) is 0 Å². The molecule has 2 rings (SSSR count). The molecule has 1 N–H and O–H groups in total. The number of hydrogen-bond donors (Lipinski definition) is 1. The zero-order valence-corrected chi connectivity index (χ0v) is 12.0. The monoisotopic (exact) mass is 265 g/mol. The number of aryl methyl sites for hydroxylation is 1. The number of rotatable bonds is 6. The summed E-state index contributed by atoms with van der Waals surface area (Å²) in [6.07, 6.45) is 7.07. The van der Waals surface area contributed by atoms with Gasteiger partial charge in [0.15, 0.2) is 0 Å². The SMILES string of the molecule is COCC1(CNC(=O)C(C)n2ccnc2C)CCC1. The van der Waals surface area contributed by atoms with Crippen LogP contribution in [-0.4, -0.2) is 35.7 Å². The Balaban J connectivity index is 1.89. The summed E-state index contributed by atoms with van der Waals surface area (Å²) < 4.78 is 7.15. The molecule has 1 heterocycles. The molecule has 5 heteroatoms. The van der Waals surface area contributed by atoms with Crippen molar-refractivity contribution in [2.75, 3.05) is 20.3 Å². The molecule has 1 aromatic heterocycles. The van der Waals surface area contributed by atoms with Crippen LogP contribution < -0.4 is 5.32 Å². The van der Waals surface area contributed by atoms with Gasteiger partial charge in [0, 0.05) is 31.5 Å². The summed E-state index contributed by atoms with van der Waals surface area (Å²) in [4.78, 5) is 16.3. The first kappa shape index (κ1) is 14.1. The third-order valence-electron chi connectivity index (χ3n) is 4.16. The van der Waals surface area contributed by atoms with Gasteiger partial charge in [-0.1, -0.05) is 6.42 Å². The summed E-state index contributed by atoms with van der Waals surface area (Å²) in [5.41, 5.74) is 0.161. The molecule has 1 fully saturated rings. The molecular weight excluding hydrogens is 242 g/mol. The van der Waals surface area contributed by atoms with E-state index in [0.29, 0.717) is 6.54 Å². The Morgan fingerprint density at radius 1 is 1.63 bits per heavy atom. The lowest BCUT2D eigenvalue weighted by molar-refractivity contribution is -0.125. The van der Waals surface area contributed by atoms with E-state index in [0.717, 1.165) is 25.3 Å². The molecule has 0 saturated heterocycles. The minimum atomic E-state index is -0.220. The van der Waals surface area contributed by atoms with Crippen LogP contribution in [0.5, 0.6) is 0 Å². The lowest BCUT2D eigenvalue weighted by Gasteiger charge is -2.41. The Kier molecular flexibility index (Phi) is 4.24. The highest BCUT2D eigenvalue weighted by molar-refractivity contribution is 5.80. The number of ether oxygens (including phenoxy) is 1. The van der Waals surface area contributed by atoms with Gasteiger partial charge in [-0.25, -0.2) is 4.98 Å². The maximum atomic E-state index is 12.2. The Morgan fingerprint density at radius 2 is 2.37 bits per heavy atom. The lowest BCUT2D eigenvalue weighted by atomic mass is 9.69. The molecule has 0 bridgehead atoms. The van der Waals surface area contributed by atoms with Gasteiger partial charge in [0.1, 0.15) is 11.9 Å². The molecule has 0 spiro atoms. The molecule has 1 atom stereocenters. The topological polar surface area (TPSA) is 56.1 Å². The van der Waals surface area contributed by atoms with E-state index in [-0.39, 0.29) is 17.4 Å². The Labute approximate surface area is 114 Å². The fourth-order valence-electron chi connectivity index (χ4n) is 2.70. The van der Waals surface area contributed by atoms with E-state index in [2.05, 4.69) is 10.3 Å². The molecule has 1 aliphatic rings. The molecule has 1 saturated carbocycles. The third-order valence-corrected chi connectivity index (χ3v) is 4.16. The van der Waals surface area contributed by atoms with E-state index in [1.54, 1.807) is 13.3 Å². The number of imidazole rings is 1. The fraction of sp³-hybridized carbons (Fsp3) is 0.714. The number of amides is 1. The smallest absolute Gasteiger partial charge is 0.242 e. The largest absolute Gasteiger partial charge is 0.384 e. The normalized spacial score (nSPS) is 18.7. The summed E-state index contributed by atoms with van der Waals surface area (Å²) in [6, 6.07) is -0.220. The average molecular weight is 265 g/mol. The van der Waals surface area contributed by atoms with Crippen molar-refractivity contribution in [1.82, 2.24) is 14.9 Å². The Morgan fingerprint density at radius 3 is 2.84 bits per heavy atom. The first-order chi connectivity index (χ1) is 9.08. The molecule has 1 aromatic rings. The highest BCUT2D eigenvalue weighted by atomic mass is 16.5. The van der Waals surface area contributed by atoms with Gasteiger partial charge in [-0.2, -0.15) is 0 Å². The molecule has 1 aliphatic carbocycles. The van der Waals surface area contributed by atoms with Crippen molar-refractivity contribution in [3.05, 3.63) is 18.2 Å². The molecule has 5 nitrogen and oxygen atoms in total. The maximum absolute atomic E-state index is 12.2. The highest BCUT2D eigenvalue weighted by Crippen LogP contribution is 2.40. The predicted octanol–water partition coefficient (Wildman–Crippen LogP) is 1.69. The van der Waals surface area contributed by atoms with E-state index in [1.165, 1.54) is 6.42 Å². The average Bonchev–Trinajstić information content (AvgIpc) is 2.77. The first-order valence-corrected chi connectivity index (χ1v) is 6.84. The van der Waals surface area contributed by atoms with Crippen LogP contribution in [-0.2, 0) is 9.53 Å². The minimum Gasteiger partial charge on any atom is -0.384 e. The van der Waals surface area contributed by atoms with E-state index in [4.69, 9.17) is 4.74 Å². The molecule has 106 valence electrons. The van der Waals surface area contributed by atoms with Crippen LogP contribution >= 0.6 is 0 Å². The number of nitrogens with zero attached hydrogens (tertiary/aromatic N) is 2. The van der Waals surface area contributed by atoms with Crippen LogP contribution in [0, 0.1) is 12.3 Å². The number of carbonyl (C=O) groups is 1. The quantitative estimate of drug-likeness (QED) is 0.851. The summed E-state index contributed by atoms with van der Waals surface area (Å²) in [6.45, 7) is 5.24. The second-order valence-corrected chi connectivity index (χ2v) is 5.56. The number of aromatic nitrogens is 2. The zero-order chi connectivity index (χ0) is 13.9. The van der Waals surface area contributed by atoms with Crippen LogP contribution in [0.15, 0.2) is 12.4 Å². The first-order valence-electron chi connectivity index (χ1n) is 6.84. The summed E-state index contributed by atoms with van der Waals surface area (Å²) >= 11 is 0. The van der Waals surface area contributed by atoms with Crippen LogP contribution in [0.3, 0.4) is 0 Å². The van der Waals surface area contributed by atoms with Crippen LogP contribution in [0.2, 0.25) is 0 Å². The van der Waals surface area contributed by atoms with Crippen molar-refractivity contribution in [2.24, 2.45) is 5.41 Å². The van der Waals surface area contributed by atoms with Gasteiger partial charge >= 0.3 is 0 Å². The van der Waals surface area contributed by atoms with Crippen molar-refractivity contribution in [3.63, 3.8) is 0 Å². The molecule has 19 heavy (non-hydrogen) atoms. The number of carbonyl (C=O) groups excluding carboxylic acids is 1. The van der Waals surface area contributed by atoms with Gasteiger partial charge in [-0.3, -0.25) is 4.79 Å². The van der Waals surface area contributed by atoms with Crippen molar-refractivity contribution < 1.29 is 9.53 Å². The Bertz CT molecular complexity index is 438. The molecule has 0 aromatic carbocycles. The van der Waals surface area contributed by atoms with E-state index in [9.17, 15) is 4.79 Å². The predicted molar refractivity (Wildman–Crippen MR) is 72.8 cm³/mol. The van der Waals surface area contributed by atoms with Gasteiger partial charge in [-0.05, 0) is 26.7 Å². The van der Waals surface area contributed by atoms with Crippen LogP contribution in [0.1, 0.15) is 38.1 Å². The molecular formula is C14H23N3O2. The van der Waals surface area contributed by atoms with Gasteiger partial charge in [0.2, 0.25) is 5.91 Å². The van der Waals surface area contributed by atoms with Gasteiger partial charge in [0.05, 0.1) is 6.61 Å². The van der Waals surface area contributed by atoms with E-state index < -0.39 is 0 Å². The van der Waals surface area contributed by atoms with Crippen molar-refractivity contribution in [2.45, 2.75) is 39.2 Å². The van der Waals surface area contributed by atoms with Crippen LogP contribution in [0.4, 0.5) is 0 Å². The third kappa shape index (κ3) is 2.97. The summed E-state index contributed by atoms with van der Waals surface area (Å²) in [5.74, 6) is 0.904. The lowest BCUT2D eigenvalue weighted by Crippen LogP contribution is -2.46. The molecule has 1 unspecified atom stereocenters. The number of hydrogen-bond acceptors (Lipinski definition) is 3. The van der Waals surface area contributed by atoms with Crippen molar-refractivity contribution in [1.29, 1.82) is 0 Å². The van der Waals surface area contributed by atoms with Gasteiger partial charge < -0.3 is 14.6 Å². The van der Waals surface area contributed by atoms with E-state index >= 15 is 0 Å². The molecule has 1 amide bonds. The van der Waals surface area contributed by atoms with Crippen molar-refractivity contribution in [3.8, 4) is 0 Å². The van der Waals surface area contributed by atoms with Gasteiger partial charge in [-0.15, -0.1) is 0 Å². The minimum absolute atomic E-state index is 0.0449. The second kappa shape index (κ2) is 5.74. The maximum Gasteiger partial charge on any atom is 0.242 e. The molecule has 0 radical (unpaired) electrons. The van der Waals surface area contributed by atoms with Gasteiger partial charge in [0.25, 0.3) is 0 Å². The fourth-order valence-corrected chi connectivity index (χ4v) is 2.70. The molecule has 0 aliphatic heterocycles. The second-order valence-electron chi connectivity index (χ2n) is 5.56. The zero-order valence-electron chi connectivity index (χ0n) is 12.0. The van der Waals surface area contributed by atoms with E-state index in [1.807, 2.05) is 24.6 Å². The summed E-state index contributed by atoms with van der Waals surface area (Å²) in [7, 11) is 1.72. The standard InChI is InChI=1S/C14H23N3O2/c1-11(17-8-7-15-12(17)2)13(18)16-9-14(10-19-3)5-4-6-14/h7-8,11H,4-6,9-10H2,1-3H3,(H,16,18). The van der Waals surface area contributed by atoms with Crippen molar-refractivity contribution >= 4 is 5.91 Å².